The maximum absolute atomic E-state index is 3.52. The quantitative estimate of drug-likeness (QED) is 0.755. The Morgan fingerprint density at radius 2 is 2.21 bits per heavy atom. The second kappa shape index (κ2) is 6.73. The van der Waals surface area contributed by atoms with Gasteiger partial charge in [-0.3, -0.25) is 0 Å². The van der Waals surface area contributed by atoms with Gasteiger partial charge in [-0.05, 0) is 38.0 Å². The fourth-order valence-electron chi connectivity index (χ4n) is 2.14. The molecule has 0 aromatic carbocycles. The first kappa shape index (κ1) is 12.4. The molecule has 84 valence electrons. The molecule has 0 aromatic rings. The minimum Gasteiger partial charge on any atom is -0.316 e. The Labute approximate surface area is 93.4 Å². The Hall–Kier alpha value is 0.310. The molecule has 3 atom stereocenters. The van der Waals surface area contributed by atoms with Gasteiger partial charge in [0.2, 0.25) is 0 Å². The number of hydrogen-bond acceptors (Lipinski definition) is 2. The molecule has 1 fully saturated rings. The Morgan fingerprint density at radius 3 is 2.71 bits per heavy atom. The average Bonchev–Trinajstić information content (AvgIpc) is 2.26. The minimum absolute atomic E-state index is 0.746. The average molecular weight is 215 g/mol. The van der Waals surface area contributed by atoms with Crippen LogP contribution in [0.2, 0.25) is 0 Å². The maximum Gasteiger partial charge on any atom is 0.0201 e. The van der Waals surface area contributed by atoms with Crippen molar-refractivity contribution in [3.8, 4) is 0 Å². The predicted molar refractivity (Wildman–Crippen MR) is 67.0 cm³/mol. The van der Waals surface area contributed by atoms with E-state index in [1.165, 1.54) is 37.9 Å². The number of nitrogens with one attached hydrogen (secondary N) is 1. The van der Waals surface area contributed by atoms with E-state index in [1.807, 2.05) is 0 Å². The molecule has 2 heteroatoms. The van der Waals surface area contributed by atoms with Crippen LogP contribution < -0.4 is 5.32 Å². The summed E-state index contributed by atoms with van der Waals surface area (Å²) in [5, 5.41) is 4.39. The highest BCUT2D eigenvalue weighted by Crippen LogP contribution is 2.30. The second-order valence-electron chi connectivity index (χ2n) is 4.55. The molecule has 1 heterocycles. The lowest BCUT2D eigenvalue weighted by Crippen LogP contribution is -2.38. The van der Waals surface area contributed by atoms with Gasteiger partial charge < -0.3 is 5.32 Å². The molecule has 1 rings (SSSR count). The third-order valence-corrected chi connectivity index (χ3v) is 4.90. The van der Waals surface area contributed by atoms with Crippen molar-refractivity contribution < 1.29 is 0 Å². The molecule has 0 saturated carbocycles. The van der Waals surface area contributed by atoms with E-state index < -0.39 is 0 Å². The van der Waals surface area contributed by atoms with Crippen molar-refractivity contribution in [3.05, 3.63) is 0 Å². The maximum atomic E-state index is 3.52. The molecule has 0 radical (unpaired) electrons. The van der Waals surface area contributed by atoms with Crippen LogP contribution in [-0.2, 0) is 0 Å². The van der Waals surface area contributed by atoms with Gasteiger partial charge in [0.15, 0.2) is 0 Å². The molecule has 0 amide bonds. The molecule has 0 bridgehead atoms. The summed E-state index contributed by atoms with van der Waals surface area (Å²) >= 11 is 2.19. The van der Waals surface area contributed by atoms with Crippen LogP contribution in [0.4, 0.5) is 0 Å². The highest BCUT2D eigenvalue weighted by Gasteiger charge is 2.23. The van der Waals surface area contributed by atoms with E-state index in [9.17, 15) is 0 Å². The summed E-state index contributed by atoms with van der Waals surface area (Å²) in [7, 11) is 2.13. The predicted octanol–water partition coefficient (Wildman–Crippen LogP) is 3.30. The summed E-state index contributed by atoms with van der Waals surface area (Å²) in [4.78, 5) is 0. The van der Waals surface area contributed by atoms with E-state index in [1.54, 1.807) is 0 Å². The molecule has 1 saturated heterocycles. The van der Waals surface area contributed by atoms with Crippen molar-refractivity contribution in [2.75, 3.05) is 12.8 Å². The topological polar surface area (TPSA) is 12.0 Å². The number of rotatable bonds is 5. The Bertz CT molecular complexity index is 143. The van der Waals surface area contributed by atoms with Crippen molar-refractivity contribution in [1.29, 1.82) is 0 Å². The van der Waals surface area contributed by atoms with Crippen molar-refractivity contribution in [1.82, 2.24) is 5.32 Å². The molecule has 0 aliphatic carbocycles. The second-order valence-corrected chi connectivity index (χ2v) is 5.90. The minimum atomic E-state index is 0.746. The van der Waals surface area contributed by atoms with Gasteiger partial charge in [0.25, 0.3) is 0 Å². The van der Waals surface area contributed by atoms with Gasteiger partial charge in [-0.1, -0.05) is 26.7 Å². The van der Waals surface area contributed by atoms with E-state index in [2.05, 4.69) is 38.0 Å². The lowest BCUT2D eigenvalue weighted by molar-refractivity contribution is 0.389. The summed E-state index contributed by atoms with van der Waals surface area (Å²) < 4.78 is 0. The lowest BCUT2D eigenvalue weighted by Gasteiger charge is -2.31. The molecule has 1 aliphatic heterocycles. The molecular formula is C12H25NS. The molecule has 1 aliphatic rings. The summed E-state index contributed by atoms with van der Waals surface area (Å²) in [5.74, 6) is 2.25. The Morgan fingerprint density at radius 1 is 1.43 bits per heavy atom. The van der Waals surface area contributed by atoms with Crippen LogP contribution in [0.5, 0.6) is 0 Å². The lowest BCUT2D eigenvalue weighted by atomic mass is 9.95. The molecule has 0 spiro atoms. The summed E-state index contributed by atoms with van der Waals surface area (Å²) in [6, 6.07) is 0.746. The van der Waals surface area contributed by atoms with E-state index >= 15 is 0 Å². The van der Waals surface area contributed by atoms with Gasteiger partial charge in [0.05, 0.1) is 0 Å². The van der Waals surface area contributed by atoms with Crippen LogP contribution in [0.25, 0.3) is 0 Å². The van der Waals surface area contributed by atoms with Crippen LogP contribution in [-0.4, -0.2) is 24.1 Å². The molecular weight excluding hydrogens is 190 g/mol. The summed E-state index contributed by atoms with van der Waals surface area (Å²) in [6.45, 7) is 4.67. The van der Waals surface area contributed by atoms with E-state index in [0.29, 0.717) is 0 Å². The van der Waals surface area contributed by atoms with Crippen LogP contribution in [0.1, 0.15) is 46.0 Å². The van der Waals surface area contributed by atoms with Crippen LogP contribution >= 0.6 is 11.8 Å². The molecule has 1 nitrogen and oxygen atoms in total. The van der Waals surface area contributed by atoms with E-state index in [0.717, 1.165) is 17.2 Å². The number of thioether (sulfide) groups is 1. The van der Waals surface area contributed by atoms with Crippen LogP contribution in [0, 0.1) is 5.92 Å². The van der Waals surface area contributed by atoms with Gasteiger partial charge in [0.1, 0.15) is 0 Å². The molecule has 14 heavy (non-hydrogen) atoms. The first-order valence-electron chi connectivity index (χ1n) is 6.06. The summed E-state index contributed by atoms with van der Waals surface area (Å²) in [5.41, 5.74) is 0. The monoisotopic (exact) mass is 215 g/mol. The third-order valence-electron chi connectivity index (χ3n) is 3.39. The van der Waals surface area contributed by atoms with Crippen LogP contribution in [0.15, 0.2) is 0 Å². The van der Waals surface area contributed by atoms with Crippen molar-refractivity contribution >= 4 is 11.8 Å². The normalized spacial score (nSPS) is 27.2. The zero-order valence-corrected chi connectivity index (χ0v) is 10.7. The van der Waals surface area contributed by atoms with Gasteiger partial charge in [0, 0.05) is 11.3 Å². The van der Waals surface area contributed by atoms with Gasteiger partial charge in [-0.2, -0.15) is 11.8 Å². The van der Waals surface area contributed by atoms with Gasteiger partial charge in [-0.15, -0.1) is 0 Å². The van der Waals surface area contributed by atoms with Gasteiger partial charge in [-0.25, -0.2) is 0 Å². The van der Waals surface area contributed by atoms with E-state index in [-0.39, 0.29) is 0 Å². The molecule has 3 unspecified atom stereocenters. The first-order chi connectivity index (χ1) is 6.77. The molecule has 1 N–H and O–H groups in total. The SMILES string of the molecule is CCC(C)CC(NC)C1CCCCS1. The Balaban J connectivity index is 2.35. The number of hydrogen-bond donors (Lipinski definition) is 1. The largest absolute Gasteiger partial charge is 0.316 e. The van der Waals surface area contributed by atoms with Crippen LogP contribution in [0.3, 0.4) is 0 Å². The van der Waals surface area contributed by atoms with Crippen molar-refractivity contribution in [2.24, 2.45) is 5.92 Å². The zero-order valence-electron chi connectivity index (χ0n) is 9.88. The third kappa shape index (κ3) is 3.82. The van der Waals surface area contributed by atoms with Crippen molar-refractivity contribution in [3.63, 3.8) is 0 Å². The zero-order chi connectivity index (χ0) is 10.4. The highest BCUT2D eigenvalue weighted by atomic mass is 32.2. The standard InChI is InChI=1S/C12H25NS/c1-4-10(2)9-11(13-3)12-7-5-6-8-14-12/h10-13H,4-9H2,1-3H3. The smallest absolute Gasteiger partial charge is 0.0201 e. The summed E-state index contributed by atoms with van der Waals surface area (Å²) in [6.07, 6.45) is 6.96. The fourth-order valence-corrected chi connectivity index (χ4v) is 3.63. The van der Waals surface area contributed by atoms with Gasteiger partial charge >= 0.3 is 0 Å². The fraction of sp³-hybridized carbons (Fsp3) is 1.00. The Kier molecular flexibility index (Phi) is 5.95. The highest BCUT2D eigenvalue weighted by molar-refractivity contribution is 8.00. The van der Waals surface area contributed by atoms with Crippen molar-refractivity contribution in [2.45, 2.75) is 57.2 Å². The van der Waals surface area contributed by atoms with E-state index in [4.69, 9.17) is 0 Å². The first-order valence-corrected chi connectivity index (χ1v) is 7.11. The molecule has 0 aromatic heterocycles.